The van der Waals surface area contributed by atoms with Gasteiger partial charge in [-0.15, -0.1) is 11.3 Å². The number of carbonyl (C=O) groups is 1. The van der Waals surface area contributed by atoms with E-state index in [0.29, 0.717) is 23.9 Å². The van der Waals surface area contributed by atoms with Crippen LogP contribution < -0.4 is 9.47 Å². The first-order valence-electron chi connectivity index (χ1n) is 7.69. The van der Waals surface area contributed by atoms with E-state index in [0.717, 1.165) is 0 Å². The average Bonchev–Trinajstić information content (AvgIpc) is 3.00. The number of ether oxygens (including phenoxy) is 4. The molecule has 1 aromatic carbocycles. The van der Waals surface area contributed by atoms with Crippen molar-refractivity contribution < 1.29 is 23.7 Å². The summed E-state index contributed by atoms with van der Waals surface area (Å²) in [5, 5.41) is 3.80. The van der Waals surface area contributed by atoms with Crippen molar-refractivity contribution >= 4 is 17.3 Å². The van der Waals surface area contributed by atoms with E-state index in [1.165, 1.54) is 11.3 Å². The molecule has 0 fully saturated rings. The van der Waals surface area contributed by atoms with Gasteiger partial charge in [-0.2, -0.15) is 0 Å². The number of esters is 1. The van der Waals surface area contributed by atoms with E-state index >= 15 is 0 Å². The molecule has 0 spiro atoms. The van der Waals surface area contributed by atoms with Gasteiger partial charge in [0.15, 0.2) is 11.5 Å². The minimum Gasteiger partial charge on any atom is -0.455 e. The number of rotatable bonds is 7. The number of benzene rings is 1. The number of para-hydroxylation sites is 2. The monoisotopic (exact) mass is 350 g/mol. The van der Waals surface area contributed by atoms with Gasteiger partial charge in [0.05, 0.1) is 0 Å². The van der Waals surface area contributed by atoms with E-state index in [9.17, 15) is 4.79 Å². The Balaban J connectivity index is 2.15. The molecule has 130 valence electrons. The molecule has 2 aromatic rings. The van der Waals surface area contributed by atoms with Crippen LogP contribution in [0.3, 0.4) is 0 Å². The molecule has 24 heavy (non-hydrogen) atoms. The number of carbonyl (C=O) groups excluding carboxylic acids is 1. The number of thiophene rings is 1. The molecule has 1 aromatic heterocycles. The van der Waals surface area contributed by atoms with Crippen molar-refractivity contribution in [1.82, 2.24) is 0 Å². The van der Waals surface area contributed by atoms with Crippen LogP contribution in [0.25, 0.3) is 0 Å². The van der Waals surface area contributed by atoms with E-state index in [4.69, 9.17) is 18.9 Å². The molecule has 0 aliphatic rings. The molecule has 5 nitrogen and oxygen atoms in total. The average molecular weight is 350 g/mol. The molecular weight excluding hydrogens is 328 g/mol. The van der Waals surface area contributed by atoms with Crippen molar-refractivity contribution in [3.05, 3.63) is 41.1 Å². The molecule has 2 rings (SSSR count). The third-order valence-electron chi connectivity index (χ3n) is 2.72. The number of hydrogen-bond donors (Lipinski definition) is 0. The van der Waals surface area contributed by atoms with E-state index in [1.54, 1.807) is 45.9 Å². The molecule has 0 aliphatic carbocycles. The van der Waals surface area contributed by atoms with Gasteiger partial charge >= 0.3 is 5.97 Å². The fourth-order valence-corrected chi connectivity index (χ4v) is 2.39. The van der Waals surface area contributed by atoms with Gasteiger partial charge in [0.1, 0.15) is 11.4 Å². The van der Waals surface area contributed by atoms with Crippen LogP contribution in [0.5, 0.6) is 17.2 Å². The van der Waals surface area contributed by atoms with Gasteiger partial charge < -0.3 is 18.9 Å². The molecule has 0 aliphatic heterocycles. The second kappa shape index (κ2) is 8.17. The predicted octanol–water partition coefficient (Wildman–Crippen LogP) is 4.62. The van der Waals surface area contributed by atoms with Crippen LogP contribution >= 0.6 is 11.3 Å². The quantitative estimate of drug-likeness (QED) is 0.538. The predicted molar refractivity (Wildman–Crippen MR) is 92.7 cm³/mol. The van der Waals surface area contributed by atoms with Crippen molar-refractivity contribution in [3.63, 3.8) is 0 Å². The Labute approximate surface area is 146 Å². The van der Waals surface area contributed by atoms with Crippen molar-refractivity contribution in [1.29, 1.82) is 0 Å². The summed E-state index contributed by atoms with van der Waals surface area (Å²) in [5.74, 6) is 1.05. The Morgan fingerprint density at radius 3 is 2.46 bits per heavy atom. The fourth-order valence-electron chi connectivity index (χ4n) is 1.84. The van der Waals surface area contributed by atoms with Crippen molar-refractivity contribution in [2.75, 3.05) is 6.61 Å². The maximum Gasteiger partial charge on any atom is 0.376 e. The molecule has 0 radical (unpaired) electrons. The van der Waals surface area contributed by atoms with Gasteiger partial charge in [-0.3, -0.25) is 0 Å². The maximum absolute atomic E-state index is 12.3. The minimum absolute atomic E-state index is 0.317. The lowest BCUT2D eigenvalue weighted by Gasteiger charge is -2.24. The van der Waals surface area contributed by atoms with Crippen LogP contribution in [-0.4, -0.2) is 24.5 Å². The Kier molecular flexibility index (Phi) is 6.23. The lowest BCUT2D eigenvalue weighted by atomic mass is 10.2. The van der Waals surface area contributed by atoms with Crippen LogP contribution in [0.4, 0.5) is 0 Å². The minimum atomic E-state index is -1.15. The maximum atomic E-state index is 12.3. The standard InChI is InChI=1S/C18H22O5S/c1-5-20-17(16(19)23-18(2,3)4)22-15-9-7-6-8-14(15)21-13-10-11-24-12-13/h6-12,17H,5H2,1-4H3. The Hall–Kier alpha value is -2.05. The van der Waals surface area contributed by atoms with Crippen molar-refractivity contribution in [3.8, 4) is 17.2 Å². The van der Waals surface area contributed by atoms with Gasteiger partial charge in [-0.05, 0) is 51.3 Å². The molecule has 0 bridgehead atoms. The van der Waals surface area contributed by atoms with Crippen molar-refractivity contribution in [2.24, 2.45) is 0 Å². The molecule has 1 heterocycles. The molecule has 0 N–H and O–H groups in total. The van der Waals surface area contributed by atoms with E-state index < -0.39 is 17.9 Å². The zero-order chi connectivity index (χ0) is 17.6. The van der Waals surface area contributed by atoms with Gasteiger partial charge in [0, 0.05) is 12.0 Å². The van der Waals surface area contributed by atoms with Gasteiger partial charge in [-0.1, -0.05) is 12.1 Å². The summed E-state index contributed by atoms with van der Waals surface area (Å²) >= 11 is 1.53. The highest BCUT2D eigenvalue weighted by molar-refractivity contribution is 7.08. The van der Waals surface area contributed by atoms with E-state index in [1.807, 2.05) is 22.9 Å². The normalized spacial score (nSPS) is 12.5. The molecule has 1 unspecified atom stereocenters. The highest BCUT2D eigenvalue weighted by Gasteiger charge is 2.28. The summed E-state index contributed by atoms with van der Waals surface area (Å²) in [6, 6.07) is 8.98. The molecule has 0 amide bonds. The fraction of sp³-hybridized carbons (Fsp3) is 0.389. The summed E-state index contributed by atoms with van der Waals surface area (Å²) in [6.45, 7) is 7.48. The molecular formula is C18H22O5S. The highest BCUT2D eigenvalue weighted by Crippen LogP contribution is 2.33. The molecule has 1 atom stereocenters. The summed E-state index contributed by atoms with van der Waals surface area (Å²) in [4.78, 5) is 12.3. The first kappa shape index (κ1) is 18.3. The summed E-state index contributed by atoms with van der Waals surface area (Å²) in [6.07, 6.45) is -1.15. The first-order valence-corrected chi connectivity index (χ1v) is 8.63. The lowest BCUT2D eigenvalue weighted by molar-refractivity contribution is -0.187. The number of hydrogen-bond acceptors (Lipinski definition) is 6. The van der Waals surface area contributed by atoms with Gasteiger partial charge in [-0.25, -0.2) is 4.79 Å². The summed E-state index contributed by atoms with van der Waals surface area (Å²) in [5.41, 5.74) is -0.623. The van der Waals surface area contributed by atoms with Crippen LogP contribution in [-0.2, 0) is 14.3 Å². The molecule has 6 heteroatoms. The van der Waals surface area contributed by atoms with E-state index in [2.05, 4.69) is 0 Å². The SMILES string of the molecule is CCOC(Oc1ccccc1Oc1ccsc1)C(=O)OC(C)(C)C. The Morgan fingerprint density at radius 2 is 1.88 bits per heavy atom. The summed E-state index contributed by atoms with van der Waals surface area (Å²) in [7, 11) is 0. The third kappa shape index (κ3) is 5.54. The first-order chi connectivity index (χ1) is 11.4. The second-order valence-corrected chi connectivity index (χ2v) is 6.73. The zero-order valence-electron chi connectivity index (χ0n) is 14.3. The van der Waals surface area contributed by atoms with Crippen molar-refractivity contribution in [2.45, 2.75) is 39.6 Å². The highest BCUT2D eigenvalue weighted by atomic mass is 32.1. The zero-order valence-corrected chi connectivity index (χ0v) is 15.1. The summed E-state index contributed by atoms with van der Waals surface area (Å²) < 4.78 is 22.2. The van der Waals surface area contributed by atoms with Crippen LogP contribution in [0, 0.1) is 0 Å². The van der Waals surface area contributed by atoms with Gasteiger partial charge in [0.2, 0.25) is 0 Å². The van der Waals surface area contributed by atoms with Gasteiger partial charge in [0.25, 0.3) is 6.29 Å². The third-order valence-corrected chi connectivity index (χ3v) is 3.38. The largest absolute Gasteiger partial charge is 0.455 e. The van der Waals surface area contributed by atoms with E-state index in [-0.39, 0.29) is 0 Å². The second-order valence-electron chi connectivity index (χ2n) is 5.95. The lowest BCUT2D eigenvalue weighted by Crippen LogP contribution is -2.37. The van der Waals surface area contributed by atoms with Crippen LogP contribution in [0.2, 0.25) is 0 Å². The molecule has 0 saturated carbocycles. The Bertz CT molecular complexity index is 646. The Morgan fingerprint density at radius 1 is 1.17 bits per heavy atom. The molecule has 0 saturated heterocycles. The van der Waals surface area contributed by atoms with Crippen LogP contribution in [0.1, 0.15) is 27.7 Å². The topological polar surface area (TPSA) is 54.0 Å². The van der Waals surface area contributed by atoms with Crippen LogP contribution in [0.15, 0.2) is 41.1 Å². The smallest absolute Gasteiger partial charge is 0.376 e.